The van der Waals surface area contributed by atoms with Gasteiger partial charge >= 0.3 is 5.97 Å². The van der Waals surface area contributed by atoms with Crippen molar-refractivity contribution in [2.24, 2.45) is 11.8 Å². The standard InChI is InChI=1S/C11H20O3/c1-3-14-11(13)10(12)8(2)9-6-4-5-7-9/h8-10,12H,3-7H2,1-2H3. The SMILES string of the molecule is CCOC(=O)C(O)C(C)C1CCCC1. The van der Waals surface area contributed by atoms with Crippen molar-refractivity contribution in [3.8, 4) is 0 Å². The highest BCUT2D eigenvalue weighted by Gasteiger charge is 2.31. The first kappa shape index (κ1) is 11.5. The molecule has 14 heavy (non-hydrogen) atoms. The smallest absolute Gasteiger partial charge is 0.335 e. The third-order valence-corrected chi connectivity index (χ3v) is 3.17. The van der Waals surface area contributed by atoms with Crippen LogP contribution in [0.2, 0.25) is 0 Å². The molecule has 0 spiro atoms. The zero-order valence-electron chi connectivity index (χ0n) is 9.03. The molecule has 1 aliphatic rings. The Morgan fingerprint density at radius 3 is 2.57 bits per heavy atom. The molecule has 0 aromatic carbocycles. The number of hydrogen-bond acceptors (Lipinski definition) is 3. The maximum Gasteiger partial charge on any atom is 0.335 e. The fourth-order valence-corrected chi connectivity index (χ4v) is 2.18. The molecule has 1 fully saturated rings. The van der Waals surface area contributed by atoms with E-state index in [0.717, 1.165) is 12.8 Å². The molecule has 0 heterocycles. The Bertz CT molecular complexity index is 185. The Balaban J connectivity index is 2.41. The van der Waals surface area contributed by atoms with Crippen LogP contribution in [0.5, 0.6) is 0 Å². The van der Waals surface area contributed by atoms with Crippen LogP contribution >= 0.6 is 0 Å². The summed E-state index contributed by atoms with van der Waals surface area (Å²) < 4.78 is 4.80. The van der Waals surface area contributed by atoms with Crippen molar-refractivity contribution in [2.45, 2.75) is 45.6 Å². The predicted molar refractivity (Wildman–Crippen MR) is 53.8 cm³/mol. The van der Waals surface area contributed by atoms with Crippen molar-refractivity contribution < 1.29 is 14.6 Å². The lowest BCUT2D eigenvalue weighted by atomic mass is 9.88. The molecule has 0 saturated heterocycles. The van der Waals surface area contributed by atoms with E-state index in [2.05, 4.69) is 0 Å². The highest BCUT2D eigenvalue weighted by atomic mass is 16.5. The summed E-state index contributed by atoms with van der Waals surface area (Å²) >= 11 is 0. The summed E-state index contributed by atoms with van der Waals surface area (Å²) in [6.45, 7) is 4.04. The first-order chi connectivity index (χ1) is 6.66. The van der Waals surface area contributed by atoms with Crippen molar-refractivity contribution in [1.29, 1.82) is 0 Å². The molecular formula is C11H20O3. The lowest BCUT2D eigenvalue weighted by Gasteiger charge is -2.22. The summed E-state index contributed by atoms with van der Waals surface area (Å²) in [4.78, 5) is 11.3. The summed E-state index contributed by atoms with van der Waals surface area (Å²) in [5.74, 6) is 0.0675. The van der Waals surface area contributed by atoms with Crippen LogP contribution < -0.4 is 0 Å². The van der Waals surface area contributed by atoms with E-state index >= 15 is 0 Å². The summed E-state index contributed by atoms with van der Waals surface area (Å²) in [5.41, 5.74) is 0. The average Bonchev–Trinajstić information content (AvgIpc) is 2.68. The van der Waals surface area contributed by atoms with Crippen LogP contribution in [0.25, 0.3) is 0 Å². The Hall–Kier alpha value is -0.570. The van der Waals surface area contributed by atoms with Crippen LogP contribution in [0.3, 0.4) is 0 Å². The van der Waals surface area contributed by atoms with Gasteiger partial charge in [0, 0.05) is 0 Å². The lowest BCUT2D eigenvalue weighted by molar-refractivity contribution is -0.156. The molecule has 1 aliphatic carbocycles. The second-order valence-electron chi connectivity index (χ2n) is 4.10. The summed E-state index contributed by atoms with van der Waals surface area (Å²) in [6.07, 6.45) is 3.79. The zero-order chi connectivity index (χ0) is 10.6. The first-order valence-corrected chi connectivity index (χ1v) is 5.51. The van der Waals surface area contributed by atoms with Crippen molar-refractivity contribution >= 4 is 5.97 Å². The fourth-order valence-electron chi connectivity index (χ4n) is 2.18. The van der Waals surface area contributed by atoms with Gasteiger partial charge in [-0.2, -0.15) is 0 Å². The number of hydrogen-bond donors (Lipinski definition) is 1. The molecule has 0 aliphatic heterocycles. The average molecular weight is 200 g/mol. The van der Waals surface area contributed by atoms with Crippen LogP contribution in [-0.2, 0) is 9.53 Å². The van der Waals surface area contributed by atoms with Gasteiger partial charge < -0.3 is 9.84 Å². The molecular weight excluding hydrogens is 180 g/mol. The highest BCUT2D eigenvalue weighted by Crippen LogP contribution is 2.33. The van der Waals surface area contributed by atoms with E-state index in [-0.39, 0.29) is 5.92 Å². The molecule has 0 aromatic rings. The minimum Gasteiger partial charge on any atom is -0.464 e. The van der Waals surface area contributed by atoms with E-state index < -0.39 is 12.1 Å². The van der Waals surface area contributed by atoms with Crippen LogP contribution in [0.15, 0.2) is 0 Å². The maximum absolute atomic E-state index is 11.3. The van der Waals surface area contributed by atoms with Gasteiger partial charge in [0.25, 0.3) is 0 Å². The zero-order valence-corrected chi connectivity index (χ0v) is 9.03. The number of aliphatic hydroxyl groups is 1. The van der Waals surface area contributed by atoms with Gasteiger partial charge in [-0.15, -0.1) is 0 Å². The molecule has 0 bridgehead atoms. The second kappa shape index (κ2) is 5.35. The van der Waals surface area contributed by atoms with Gasteiger partial charge in [0.1, 0.15) is 0 Å². The maximum atomic E-state index is 11.3. The molecule has 0 amide bonds. The van der Waals surface area contributed by atoms with E-state index in [1.807, 2.05) is 6.92 Å². The Kier molecular flexibility index (Phi) is 4.39. The predicted octanol–water partition coefficient (Wildman–Crippen LogP) is 1.74. The minimum atomic E-state index is -0.932. The first-order valence-electron chi connectivity index (χ1n) is 5.51. The van der Waals surface area contributed by atoms with Gasteiger partial charge in [-0.05, 0) is 18.8 Å². The highest BCUT2D eigenvalue weighted by molar-refractivity contribution is 5.74. The topological polar surface area (TPSA) is 46.5 Å². The van der Waals surface area contributed by atoms with Gasteiger partial charge in [0.05, 0.1) is 6.61 Å². The number of aliphatic hydroxyl groups excluding tert-OH is 1. The molecule has 1 N–H and O–H groups in total. The van der Waals surface area contributed by atoms with E-state index in [0.29, 0.717) is 12.5 Å². The molecule has 3 nitrogen and oxygen atoms in total. The number of rotatable bonds is 4. The molecule has 1 saturated carbocycles. The number of ether oxygens (including phenoxy) is 1. The van der Waals surface area contributed by atoms with Crippen molar-refractivity contribution in [2.75, 3.05) is 6.61 Å². The molecule has 0 radical (unpaired) electrons. The van der Waals surface area contributed by atoms with E-state index in [9.17, 15) is 9.90 Å². The normalized spacial score (nSPS) is 21.9. The van der Waals surface area contributed by atoms with Crippen molar-refractivity contribution in [3.63, 3.8) is 0 Å². The monoisotopic (exact) mass is 200 g/mol. The Labute approximate surface area is 85.5 Å². The quantitative estimate of drug-likeness (QED) is 0.703. The summed E-state index contributed by atoms with van der Waals surface area (Å²) in [5, 5.41) is 9.70. The number of carbonyl (C=O) groups is 1. The van der Waals surface area contributed by atoms with Gasteiger partial charge in [-0.3, -0.25) is 0 Å². The molecule has 2 atom stereocenters. The van der Waals surface area contributed by atoms with E-state index in [4.69, 9.17) is 4.74 Å². The molecule has 2 unspecified atom stereocenters. The van der Waals surface area contributed by atoms with E-state index in [1.54, 1.807) is 6.92 Å². The summed E-state index contributed by atoms with van der Waals surface area (Å²) in [6, 6.07) is 0. The Morgan fingerprint density at radius 2 is 2.07 bits per heavy atom. The van der Waals surface area contributed by atoms with Gasteiger partial charge in [0.15, 0.2) is 6.10 Å². The molecule has 0 aromatic heterocycles. The van der Waals surface area contributed by atoms with Crippen molar-refractivity contribution in [3.05, 3.63) is 0 Å². The molecule has 82 valence electrons. The van der Waals surface area contributed by atoms with Gasteiger partial charge in [0.2, 0.25) is 0 Å². The van der Waals surface area contributed by atoms with Crippen LogP contribution in [0.4, 0.5) is 0 Å². The fraction of sp³-hybridized carbons (Fsp3) is 0.909. The number of carbonyl (C=O) groups excluding carboxylic acids is 1. The third-order valence-electron chi connectivity index (χ3n) is 3.17. The summed E-state index contributed by atoms with van der Waals surface area (Å²) in [7, 11) is 0. The van der Waals surface area contributed by atoms with Gasteiger partial charge in [-0.25, -0.2) is 4.79 Å². The van der Waals surface area contributed by atoms with Crippen LogP contribution in [0.1, 0.15) is 39.5 Å². The third kappa shape index (κ3) is 2.71. The number of esters is 1. The van der Waals surface area contributed by atoms with Crippen LogP contribution in [-0.4, -0.2) is 23.8 Å². The molecule has 3 heteroatoms. The van der Waals surface area contributed by atoms with Gasteiger partial charge in [-0.1, -0.05) is 32.6 Å². The second-order valence-corrected chi connectivity index (χ2v) is 4.10. The van der Waals surface area contributed by atoms with Crippen LogP contribution in [0, 0.1) is 11.8 Å². The largest absolute Gasteiger partial charge is 0.464 e. The van der Waals surface area contributed by atoms with E-state index in [1.165, 1.54) is 12.8 Å². The Morgan fingerprint density at radius 1 is 1.50 bits per heavy atom. The minimum absolute atomic E-state index is 0.0385. The molecule has 1 rings (SSSR count). The lowest BCUT2D eigenvalue weighted by Crippen LogP contribution is -2.33. The van der Waals surface area contributed by atoms with Crippen molar-refractivity contribution in [1.82, 2.24) is 0 Å².